The molecule has 1 aromatic carbocycles. The minimum Gasteiger partial charge on any atom is -0.393 e. The summed E-state index contributed by atoms with van der Waals surface area (Å²) < 4.78 is 28.5. The topological polar surface area (TPSA) is 81.6 Å². The molecule has 158 valence electrons. The summed E-state index contributed by atoms with van der Waals surface area (Å²) in [5, 5.41) is 12.6. The van der Waals surface area contributed by atoms with E-state index in [1.54, 1.807) is 29.0 Å². The fraction of sp³-hybridized carbons (Fsp3) is 0.350. The quantitative estimate of drug-likeness (QED) is 0.660. The number of carbonyl (C=O) groups is 1. The van der Waals surface area contributed by atoms with Gasteiger partial charge in [-0.15, -0.1) is 0 Å². The number of rotatable bonds is 4. The highest BCUT2D eigenvalue weighted by Gasteiger charge is 2.24. The van der Waals surface area contributed by atoms with Gasteiger partial charge in [0.15, 0.2) is 16.8 Å². The number of anilines is 2. The smallest absolute Gasteiger partial charge is 0.323 e. The van der Waals surface area contributed by atoms with Crippen molar-refractivity contribution in [3.8, 4) is 0 Å². The molecule has 2 aromatic heterocycles. The number of fused-ring (bicyclic) bond motifs is 1. The lowest BCUT2D eigenvalue weighted by Gasteiger charge is -2.35. The van der Waals surface area contributed by atoms with E-state index in [0.29, 0.717) is 48.8 Å². The second-order valence-corrected chi connectivity index (χ2v) is 8.27. The maximum Gasteiger partial charge on any atom is 0.323 e. The molecule has 0 aliphatic carbocycles. The minimum absolute atomic E-state index is 0.248. The molecule has 4 rings (SSSR count). The third-order valence-electron chi connectivity index (χ3n) is 4.84. The first-order valence-corrected chi connectivity index (χ1v) is 10.4. The molecule has 1 fully saturated rings. The number of piperazine rings is 1. The number of benzene rings is 1. The zero-order valence-electron chi connectivity index (χ0n) is 16.3. The Morgan fingerprint density at radius 2 is 2.03 bits per heavy atom. The Morgan fingerprint density at radius 1 is 1.27 bits per heavy atom. The predicted octanol–water partition coefficient (Wildman–Crippen LogP) is 3.25. The molecule has 2 N–H and O–H groups in total. The van der Waals surface area contributed by atoms with E-state index >= 15 is 0 Å². The van der Waals surface area contributed by atoms with Gasteiger partial charge >= 0.3 is 6.03 Å². The zero-order chi connectivity index (χ0) is 21.3. The molecule has 30 heavy (non-hydrogen) atoms. The van der Waals surface area contributed by atoms with Crippen LogP contribution in [0.5, 0.6) is 0 Å². The summed E-state index contributed by atoms with van der Waals surface area (Å²) in [7, 11) is 0. The number of hydrogen-bond acceptors (Lipinski definition) is 6. The Bertz CT molecular complexity index is 1070. The lowest BCUT2D eigenvalue weighted by atomic mass is 10.1. The lowest BCUT2D eigenvalue weighted by molar-refractivity contribution is 0.195. The van der Waals surface area contributed by atoms with Crippen molar-refractivity contribution in [1.29, 1.82) is 0 Å². The number of nitrogens with zero attached hydrogens (tertiary/aromatic N) is 4. The van der Waals surface area contributed by atoms with Gasteiger partial charge in [-0.2, -0.15) is 0 Å². The van der Waals surface area contributed by atoms with E-state index < -0.39 is 11.9 Å². The molecule has 7 nitrogen and oxygen atoms in total. The summed E-state index contributed by atoms with van der Waals surface area (Å²) >= 11 is 1.28. The van der Waals surface area contributed by atoms with Crippen molar-refractivity contribution >= 4 is 38.5 Å². The van der Waals surface area contributed by atoms with Gasteiger partial charge in [-0.1, -0.05) is 11.3 Å². The van der Waals surface area contributed by atoms with Crippen LogP contribution in [-0.4, -0.2) is 58.3 Å². The van der Waals surface area contributed by atoms with Crippen LogP contribution in [0.15, 0.2) is 30.5 Å². The van der Waals surface area contributed by atoms with E-state index in [2.05, 4.69) is 15.3 Å². The van der Waals surface area contributed by atoms with Gasteiger partial charge in [-0.3, -0.25) is 5.32 Å². The molecule has 0 unspecified atom stereocenters. The molecule has 0 saturated carbocycles. The molecule has 3 aromatic rings. The van der Waals surface area contributed by atoms with E-state index in [9.17, 15) is 18.7 Å². The fourth-order valence-electron chi connectivity index (χ4n) is 3.40. The summed E-state index contributed by atoms with van der Waals surface area (Å²) in [6.45, 7) is 3.34. The van der Waals surface area contributed by atoms with Crippen LogP contribution in [0.1, 0.15) is 12.5 Å². The van der Waals surface area contributed by atoms with Crippen LogP contribution in [0.2, 0.25) is 0 Å². The maximum absolute atomic E-state index is 14.4. The first-order chi connectivity index (χ1) is 14.4. The first kappa shape index (κ1) is 20.4. The number of aromatic nitrogens is 2. The average Bonchev–Trinajstić information content (AvgIpc) is 3.09. The normalized spacial score (nSPS) is 15.5. The van der Waals surface area contributed by atoms with Gasteiger partial charge in [-0.25, -0.2) is 23.5 Å². The van der Waals surface area contributed by atoms with Crippen molar-refractivity contribution in [2.45, 2.75) is 19.4 Å². The third-order valence-corrected chi connectivity index (χ3v) is 5.79. The summed E-state index contributed by atoms with van der Waals surface area (Å²) in [6, 6.07) is 5.41. The monoisotopic (exact) mass is 433 g/mol. The van der Waals surface area contributed by atoms with E-state index in [1.807, 2.05) is 0 Å². The zero-order valence-corrected chi connectivity index (χ0v) is 17.1. The molecule has 1 saturated heterocycles. The molecule has 0 bridgehead atoms. The first-order valence-electron chi connectivity index (χ1n) is 9.58. The highest BCUT2D eigenvalue weighted by Crippen LogP contribution is 2.27. The number of pyridine rings is 1. The largest absolute Gasteiger partial charge is 0.393 e. The summed E-state index contributed by atoms with van der Waals surface area (Å²) in [4.78, 5) is 24.4. The number of hydrogen-bond donors (Lipinski definition) is 2. The van der Waals surface area contributed by atoms with E-state index in [4.69, 9.17) is 0 Å². The highest BCUT2D eigenvalue weighted by atomic mass is 32.1. The van der Waals surface area contributed by atoms with Gasteiger partial charge in [0.05, 0.1) is 16.3 Å². The van der Waals surface area contributed by atoms with Crippen molar-refractivity contribution in [2.24, 2.45) is 0 Å². The van der Waals surface area contributed by atoms with Gasteiger partial charge < -0.3 is 14.9 Å². The number of urea groups is 1. The van der Waals surface area contributed by atoms with Crippen LogP contribution >= 0.6 is 11.3 Å². The second-order valence-electron chi connectivity index (χ2n) is 7.24. The second kappa shape index (κ2) is 8.49. The Labute approximate surface area is 176 Å². The van der Waals surface area contributed by atoms with Crippen molar-refractivity contribution in [3.05, 3.63) is 47.7 Å². The number of aliphatic hydroxyl groups excluding tert-OH is 1. The SMILES string of the molecule is C[C@H](O)Cc1cnc(N2CCN(C(=O)Nc3nc4cc(F)ccc4s3)CC2)c(F)c1. The minimum atomic E-state index is -0.562. The molecule has 2 amide bonds. The number of thiazole rings is 1. The van der Waals surface area contributed by atoms with Crippen molar-refractivity contribution in [3.63, 3.8) is 0 Å². The van der Waals surface area contributed by atoms with Crippen LogP contribution in [0, 0.1) is 11.6 Å². The Balaban J connectivity index is 1.36. The van der Waals surface area contributed by atoms with Crippen LogP contribution in [0.25, 0.3) is 10.2 Å². The predicted molar refractivity (Wildman–Crippen MR) is 112 cm³/mol. The van der Waals surface area contributed by atoms with E-state index in [1.165, 1.54) is 29.5 Å². The van der Waals surface area contributed by atoms with Gasteiger partial charge in [0.2, 0.25) is 0 Å². The maximum atomic E-state index is 14.4. The van der Waals surface area contributed by atoms with Gasteiger partial charge in [-0.05, 0) is 37.1 Å². The van der Waals surface area contributed by atoms with E-state index in [-0.39, 0.29) is 17.7 Å². The third kappa shape index (κ3) is 4.49. The fourth-order valence-corrected chi connectivity index (χ4v) is 4.24. The van der Waals surface area contributed by atoms with Crippen molar-refractivity contribution in [1.82, 2.24) is 14.9 Å². The van der Waals surface area contributed by atoms with Gasteiger partial charge in [0.25, 0.3) is 0 Å². The molecule has 1 aliphatic heterocycles. The number of nitrogens with one attached hydrogen (secondary N) is 1. The summed E-state index contributed by atoms with van der Waals surface area (Å²) in [5.74, 6) is -0.563. The molecular formula is C20H21F2N5O2S. The molecule has 1 aliphatic rings. The number of amides is 2. The van der Waals surface area contributed by atoms with Gasteiger partial charge in [0, 0.05) is 38.4 Å². The Hall–Kier alpha value is -2.85. The Morgan fingerprint density at radius 3 is 2.73 bits per heavy atom. The van der Waals surface area contributed by atoms with Crippen LogP contribution in [-0.2, 0) is 6.42 Å². The van der Waals surface area contributed by atoms with E-state index in [0.717, 1.165) is 4.70 Å². The van der Waals surface area contributed by atoms with Crippen molar-refractivity contribution < 1.29 is 18.7 Å². The molecule has 0 radical (unpaired) electrons. The standard InChI is InChI=1S/C20H21F2N5O2S/c1-12(28)8-13-9-15(22)18(23-11-13)26-4-6-27(7-5-26)20(29)25-19-24-16-10-14(21)2-3-17(16)30-19/h2-3,9-12,28H,4-8H2,1H3,(H,24,25,29)/t12-/m0/s1. The summed E-state index contributed by atoms with van der Waals surface area (Å²) in [5.41, 5.74) is 1.14. The molecule has 10 heteroatoms. The van der Waals surface area contributed by atoms with Crippen molar-refractivity contribution in [2.75, 3.05) is 36.4 Å². The highest BCUT2D eigenvalue weighted by molar-refractivity contribution is 7.22. The lowest BCUT2D eigenvalue weighted by Crippen LogP contribution is -2.50. The molecule has 1 atom stereocenters. The molecule has 0 spiro atoms. The van der Waals surface area contributed by atoms with Crippen LogP contribution in [0.4, 0.5) is 24.5 Å². The number of aliphatic hydroxyl groups is 1. The number of halogens is 2. The summed E-state index contributed by atoms with van der Waals surface area (Å²) in [6.07, 6.45) is 1.35. The van der Waals surface area contributed by atoms with Crippen LogP contribution < -0.4 is 10.2 Å². The van der Waals surface area contributed by atoms with Gasteiger partial charge in [0.1, 0.15) is 5.82 Å². The number of carbonyl (C=O) groups excluding carboxylic acids is 1. The Kier molecular flexibility index (Phi) is 5.78. The van der Waals surface area contributed by atoms with Crippen LogP contribution in [0.3, 0.4) is 0 Å². The molecule has 3 heterocycles. The average molecular weight is 433 g/mol. The molecular weight excluding hydrogens is 412 g/mol.